The lowest BCUT2D eigenvalue weighted by molar-refractivity contribution is 0.0983. The van der Waals surface area contributed by atoms with Gasteiger partial charge in [-0.25, -0.2) is 8.78 Å². The molecule has 148 valence electrons. The highest BCUT2D eigenvalue weighted by Gasteiger charge is 2.33. The van der Waals surface area contributed by atoms with Crippen molar-refractivity contribution in [2.24, 2.45) is 0 Å². The standard InChI is InChI=1S/C22H19F2N3O2/c1-12-9-20-16(10-17(12)24)22(29)27(19-6-7-21(28)25-14(19)3)11-26(20)18-5-4-15(23)8-13(18)2/h4-10H,11H2,1-3H3,(H,25,28). The van der Waals surface area contributed by atoms with E-state index in [1.54, 1.807) is 39.0 Å². The Hall–Kier alpha value is -3.48. The number of pyridine rings is 1. The van der Waals surface area contributed by atoms with Crippen molar-refractivity contribution in [3.8, 4) is 0 Å². The normalized spacial score (nSPS) is 13.6. The topological polar surface area (TPSA) is 56.4 Å². The van der Waals surface area contributed by atoms with Crippen molar-refractivity contribution >= 4 is 23.0 Å². The van der Waals surface area contributed by atoms with Gasteiger partial charge in [0.05, 0.1) is 16.9 Å². The number of fused-ring (bicyclic) bond motifs is 1. The monoisotopic (exact) mass is 395 g/mol. The lowest BCUT2D eigenvalue weighted by Gasteiger charge is -2.39. The highest BCUT2D eigenvalue weighted by atomic mass is 19.1. The molecule has 5 nitrogen and oxygen atoms in total. The van der Waals surface area contributed by atoms with Crippen LogP contribution in [0.5, 0.6) is 0 Å². The molecule has 0 aliphatic carbocycles. The molecule has 0 saturated carbocycles. The number of anilines is 3. The molecule has 1 amide bonds. The zero-order valence-corrected chi connectivity index (χ0v) is 16.2. The highest BCUT2D eigenvalue weighted by Crippen LogP contribution is 2.38. The van der Waals surface area contributed by atoms with Crippen LogP contribution in [0.3, 0.4) is 0 Å². The van der Waals surface area contributed by atoms with Gasteiger partial charge in [-0.05, 0) is 68.3 Å². The molecule has 1 N–H and O–H groups in total. The smallest absolute Gasteiger partial charge is 0.262 e. The van der Waals surface area contributed by atoms with Crippen LogP contribution in [0.4, 0.5) is 25.8 Å². The third-order valence-electron chi connectivity index (χ3n) is 5.15. The first-order valence-electron chi connectivity index (χ1n) is 9.12. The van der Waals surface area contributed by atoms with Gasteiger partial charge in [0.2, 0.25) is 5.56 Å². The van der Waals surface area contributed by atoms with Crippen LogP contribution < -0.4 is 15.4 Å². The average Bonchev–Trinajstić information content (AvgIpc) is 2.65. The number of carbonyl (C=O) groups excluding carboxylic acids is 1. The molecule has 0 unspecified atom stereocenters. The largest absolute Gasteiger partial charge is 0.324 e. The summed E-state index contributed by atoms with van der Waals surface area (Å²) in [5, 5.41) is 0. The number of hydrogen-bond donors (Lipinski definition) is 1. The number of amides is 1. The van der Waals surface area contributed by atoms with Crippen LogP contribution in [0.2, 0.25) is 0 Å². The van der Waals surface area contributed by atoms with E-state index in [1.165, 1.54) is 29.2 Å². The molecule has 0 radical (unpaired) electrons. The zero-order chi connectivity index (χ0) is 20.9. The van der Waals surface area contributed by atoms with Crippen molar-refractivity contribution in [2.75, 3.05) is 16.5 Å². The molecule has 1 aliphatic heterocycles. The number of aromatic amines is 1. The Kier molecular flexibility index (Phi) is 4.45. The van der Waals surface area contributed by atoms with Crippen LogP contribution in [0.1, 0.15) is 27.2 Å². The molecule has 2 aromatic carbocycles. The number of benzene rings is 2. The van der Waals surface area contributed by atoms with E-state index in [0.29, 0.717) is 33.9 Å². The second-order valence-corrected chi connectivity index (χ2v) is 7.18. The summed E-state index contributed by atoms with van der Waals surface area (Å²) in [6.07, 6.45) is 0. The maximum absolute atomic E-state index is 14.3. The Morgan fingerprint density at radius 1 is 0.828 bits per heavy atom. The number of hydrogen-bond acceptors (Lipinski definition) is 3. The van der Waals surface area contributed by atoms with Gasteiger partial charge in [-0.3, -0.25) is 14.5 Å². The summed E-state index contributed by atoms with van der Waals surface area (Å²) < 4.78 is 28.0. The maximum atomic E-state index is 14.3. The third kappa shape index (κ3) is 3.18. The van der Waals surface area contributed by atoms with Gasteiger partial charge in [-0.15, -0.1) is 0 Å². The number of rotatable bonds is 2. The van der Waals surface area contributed by atoms with Crippen LogP contribution in [0, 0.1) is 32.4 Å². The van der Waals surface area contributed by atoms with Crippen LogP contribution >= 0.6 is 0 Å². The number of halogens is 2. The fourth-order valence-corrected chi connectivity index (χ4v) is 3.66. The van der Waals surface area contributed by atoms with Gasteiger partial charge in [0.1, 0.15) is 18.3 Å². The molecule has 3 aromatic rings. The minimum absolute atomic E-state index is 0.135. The lowest BCUT2D eigenvalue weighted by atomic mass is 10.0. The molecule has 7 heteroatoms. The Labute approximate surface area is 166 Å². The molecule has 4 rings (SSSR count). The van der Waals surface area contributed by atoms with Gasteiger partial charge in [0, 0.05) is 17.4 Å². The minimum atomic E-state index is -0.479. The first-order valence-corrected chi connectivity index (χ1v) is 9.12. The summed E-state index contributed by atoms with van der Waals surface area (Å²) in [5.74, 6) is -1.21. The van der Waals surface area contributed by atoms with E-state index < -0.39 is 5.82 Å². The zero-order valence-electron chi connectivity index (χ0n) is 16.2. The lowest BCUT2D eigenvalue weighted by Crippen LogP contribution is -2.45. The van der Waals surface area contributed by atoms with E-state index in [2.05, 4.69) is 4.98 Å². The molecular formula is C22H19F2N3O2. The second kappa shape index (κ2) is 6.84. The fraction of sp³-hybridized carbons (Fsp3) is 0.182. The number of H-pyrrole nitrogens is 1. The van der Waals surface area contributed by atoms with Crippen molar-refractivity contribution in [3.63, 3.8) is 0 Å². The molecule has 2 heterocycles. The summed E-state index contributed by atoms with van der Waals surface area (Å²) in [4.78, 5) is 30.8. The van der Waals surface area contributed by atoms with Crippen LogP contribution in [-0.4, -0.2) is 17.6 Å². The van der Waals surface area contributed by atoms with Crippen LogP contribution in [-0.2, 0) is 0 Å². The minimum Gasteiger partial charge on any atom is -0.324 e. The summed E-state index contributed by atoms with van der Waals surface area (Å²) in [5.41, 5.74) is 3.34. The predicted molar refractivity (Wildman–Crippen MR) is 108 cm³/mol. The Balaban J connectivity index is 1.93. The van der Waals surface area contributed by atoms with Gasteiger partial charge < -0.3 is 9.88 Å². The molecule has 0 spiro atoms. The summed E-state index contributed by atoms with van der Waals surface area (Å²) >= 11 is 0. The van der Waals surface area contributed by atoms with E-state index >= 15 is 0 Å². The van der Waals surface area contributed by atoms with Crippen molar-refractivity contribution in [3.05, 3.63) is 86.8 Å². The number of aryl methyl sites for hydroxylation is 3. The number of nitrogens with zero attached hydrogens (tertiary/aromatic N) is 2. The predicted octanol–water partition coefficient (Wildman–Crippen LogP) is 4.33. The van der Waals surface area contributed by atoms with Crippen molar-refractivity contribution in [1.82, 2.24) is 4.98 Å². The van der Waals surface area contributed by atoms with Gasteiger partial charge in [0.25, 0.3) is 5.91 Å². The van der Waals surface area contributed by atoms with E-state index in [9.17, 15) is 18.4 Å². The molecule has 1 aliphatic rings. The van der Waals surface area contributed by atoms with Crippen molar-refractivity contribution in [2.45, 2.75) is 20.8 Å². The van der Waals surface area contributed by atoms with Crippen molar-refractivity contribution < 1.29 is 13.6 Å². The summed E-state index contributed by atoms with van der Waals surface area (Å²) in [6, 6.07) is 10.2. The SMILES string of the molecule is Cc1cc2c(cc1F)C(=O)N(c1ccc(=O)[nH]c1C)CN2c1ccc(F)cc1C. The highest BCUT2D eigenvalue weighted by molar-refractivity contribution is 6.12. The van der Waals surface area contributed by atoms with Gasteiger partial charge >= 0.3 is 0 Å². The van der Waals surface area contributed by atoms with E-state index in [4.69, 9.17) is 0 Å². The molecule has 0 fully saturated rings. The quantitative estimate of drug-likeness (QED) is 0.703. The number of carbonyl (C=O) groups is 1. The van der Waals surface area contributed by atoms with Gasteiger partial charge in [-0.2, -0.15) is 0 Å². The van der Waals surface area contributed by atoms with E-state index in [-0.39, 0.29) is 29.5 Å². The maximum Gasteiger partial charge on any atom is 0.262 e. The molecule has 0 atom stereocenters. The number of nitrogens with one attached hydrogen (secondary N) is 1. The Morgan fingerprint density at radius 3 is 2.24 bits per heavy atom. The molecule has 0 saturated heterocycles. The van der Waals surface area contributed by atoms with Crippen molar-refractivity contribution in [1.29, 1.82) is 0 Å². The first kappa shape index (κ1) is 18.9. The first-order chi connectivity index (χ1) is 13.8. The molecule has 29 heavy (non-hydrogen) atoms. The molecule has 1 aromatic heterocycles. The van der Waals surface area contributed by atoms with E-state index in [1.807, 2.05) is 4.90 Å². The number of aromatic nitrogens is 1. The fourth-order valence-electron chi connectivity index (χ4n) is 3.66. The van der Waals surface area contributed by atoms with Crippen LogP contribution in [0.25, 0.3) is 0 Å². The Bertz CT molecular complexity index is 1200. The van der Waals surface area contributed by atoms with Gasteiger partial charge in [0.15, 0.2) is 0 Å². The van der Waals surface area contributed by atoms with Crippen LogP contribution in [0.15, 0.2) is 47.3 Å². The molecular weight excluding hydrogens is 376 g/mol. The average molecular weight is 395 g/mol. The molecule has 0 bridgehead atoms. The van der Waals surface area contributed by atoms with E-state index in [0.717, 1.165) is 0 Å². The second-order valence-electron chi connectivity index (χ2n) is 7.18. The summed E-state index contributed by atoms with van der Waals surface area (Å²) in [7, 11) is 0. The third-order valence-corrected chi connectivity index (χ3v) is 5.15. The Morgan fingerprint density at radius 2 is 1.55 bits per heavy atom. The van der Waals surface area contributed by atoms with Gasteiger partial charge in [-0.1, -0.05) is 0 Å². The summed E-state index contributed by atoms with van der Waals surface area (Å²) in [6.45, 7) is 5.24.